The van der Waals surface area contributed by atoms with Crippen LogP contribution in [-0.4, -0.2) is 39.7 Å². The number of H-pyrrole nitrogens is 1. The maximum absolute atomic E-state index is 12.4. The molecule has 1 atom stereocenters. The quantitative estimate of drug-likeness (QED) is 0.716. The van der Waals surface area contributed by atoms with Crippen LogP contribution in [0.3, 0.4) is 0 Å². The van der Waals surface area contributed by atoms with Gasteiger partial charge in [0.15, 0.2) is 0 Å². The van der Waals surface area contributed by atoms with Gasteiger partial charge in [-0.15, -0.1) is 0 Å². The monoisotopic (exact) mass is 391 g/mol. The third-order valence-electron chi connectivity index (χ3n) is 4.57. The highest BCUT2D eigenvalue weighted by Gasteiger charge is 2.21. The van der Waals surface area contributed by atoms with E-state index in [4.69, 9.17) is 4.42 Å². The number of fused-ring (bicyclic) bond motifs is 3. The summed E-state index contributed by atoms with van der Waals surface area (Å²) in [6.45, 7) is 2.56. The molecule has 0 radical (unpaired) electrons. The molecule has 1 aliphatic heterocycles. The molecule has 1 unspecified atom stereocenters. The Morgan fingerprint density at radius 3 is 3.17 bits per heavy atom. The van der Waals surface area contributed by atoms with Crippen LogP contribution in [0.25, 0.3) is 22.1 Å². The molecular weight excluding hydrogens is 374 g/mol. The van der Waals surface area contributed by atoms with E-state index in [1.807, 2.05) is 18.2 Å². The molecule has 24 heavy (non-hydrogen) atoms. The number of likely N-dealkylation sites (tertiary alicyclic amines) is 1. The molecule has 126 valence electrons. The fraction of sp³-hybridized carbons (Fsp3) is 0.412. The first-order valence-electron chi connectivity index (χ1n) is 8.08. The van der Waals surface area contributed by atoms with Crippen LogP contribution in [0.5, 0.6) is 0 Å². The lowest BCUT2D eigenvalue weighted by molar-refractivity contribution is 0.114. The Kier molecular flexibility index (Phi) is 4.15. The van der Waals surface area contributed by atoms with E-state index in [1.165, 1.54) is 0 Å². The highest BCUT2D eigenvalue weighted by atomic mass is 79.9. The number of aliphatic hydroxyl groups excluding tert-OH is 1. The maximum Gasteiger partial charge on any atom is 0.294 e. The summed E-state index contributed by atoms with van der Waals surface area (Å²) < 4.78 is 6.56. The van der Waals surface area contributed by atoms with Crippen molar-refractivity contribution in [3.8, 4) is 0 Å². The van der Waals surface area contributed by atoms with Crippen molar-refractivity contribution in [2.75, 3.05) is 19.7 Å². The molecule has 1 aromatic carbocycles. The SMILES string of the molecule is O=c1[nH]c(CN2CCCC(CO)C2)nc2c1oc1ccc(Br)cc12. The highest BCUT2D eigenvalue weighted by Crippen LogP contribution is 2.28. The lowest BCUT2D eigenvalue weighted by Crippen LogP contribution is -2.37. The first-order chi connectivity index (χ1) is 11.6. The summed E-state index contributed by atoms with van der Waals surface area (Å²) in [5.74, 6) is 0.939. The van der Waals surface area contributed by atoms with Gasteiger partial charge in [0.1, 0.15) is 16.9 Å². The van der Waals surface area contributed by atoms with Crippen LogP contribution in [0.4, 0.5) is 0 Å². The third-order valence-corrected chi connectivity index (χ3v) is 5.06. The zero-order chi connectivity index (χ0) is 16.7. The molecule has 0 saturated carbocycles. The summed E-state index contributed by atoms with van der Waals surface area (Å²) in [7, 11) is 0. The molecule has 7 heteroatoms. The Morgan fingerprint density at radius 1 is 1.46 bits per heavy atom. The largest absolute Gasteiger partial charge is 0.449 e. The lowest BCUT2D eigenvalue weighted by Gasteiger charge is -2.31. The number of aliphatic hydroxyl groups is 1. The van der Waals surface area contributed by atoms with Gasteiger partial charge in [-0.05, 0) is 43.5 Å². The summed E-state index contributed by atoms with van der Waals surface area (Å²) in [4.78, 5) is 22.1. The number of benzene rings is 1. The number of nitrogens with one attached hydrogen (secondary N) is 1. The summed E-state index contributed by atoms with van der Waals surface area (Å²) in [6, 6.07) is 5.62. The Balaban J connectivity index is 1.72. The van der Waals surface area contributed by atoms with Crippen LogP contribution < -0.4 is 5.56 Å². The van der Waals surface area contributed by atoms with Crippen molar-refractivity contribution in [3.63, 3.8) is 0 Å². The van der Waals surface area contributed by atoms with Crippen molar-refractivity contribution in [2.24, 2.45) is 5.92 Å². The molecule has 0 amide bonds. The number of hydrogen-bond acceptors (Lipinski definition) is 5. The fourth-order valence-corrected chi connectivity index (χ4v) is 3.76. The third kappa shape index (κ3) is 2.87. The minimum Gasteiger partial charge on any atom is -0.449 e. The second-order valence-corrected chi connectivity index (χ2v) is 7.27. The van der Waals surface area contributed by atoms with Gasteiger partial charge in [0, 0.05) is 23.0 Å². The Morgan fingerprint density at radius 2 is 2.33 bits per heavy atom. The van der Waals surface area contributed by atoms with Gasteiger partial charge >= 0.3 is 0 Å². The molecule has 6 nitrogen and oxygen atoms in total. The molecule has 3 aromatic rings. The molecule has 1 aliphatic rings. The van der Waals surface area contributed by atoms with Crippen LogP contribution in [0.1, 0.15) is 18.7 Å². The molecule has 1 saturated heterocycles. The van der Waals surface area contributed by atoms with Crippen molar-refractivity contribution in [3.05, 3.63) is 38.9 Å². The minimum absolute atomic E-state index is 0.208. The van der Waals surface area contributed by atoms with Gasteiger partial charge in [0.25, 0.3) is 5.56 Å². The van der Waals surface area contributed by atoms with E-state index >= 15 is 0 Å². The summed E-state index contributed by atoms with van der Waals surface area (Å²) >= 11 is 3.45. The number of aromatic nitrogens is 2. The summed E-state index contributed by atoms with van der Waals surface area (Å²) in [6.07, 6.45) is 2.11. The molecular formula is C17H18BrN3O3. The van der Waals surface area contributed by atoms with Crippen molar-refractivity contribution >= 4 is 38.0 Å². The normalized spacial score (nSPS) is 19.3. The van der Waals surface area contributed by atoms with Gasteiger partial charge in [-0.25, -0.2) is 4.98 Å². The number of rotatable bonds is 3. The average Bonchev–Trinajstić information content (AvgIpc) is 2.94. The second-order valence-electron chi connectivity index (χ2n) is 6.36. The van der Waals surface area contributed by atoms with Crippen molar-refractivity contribution in [2.45, 2.75) is 19.4 Å². The van der Waals surface area contributed by atoms with Gasteiger partial charge in [0.2, 0.25) is 5.58 Å². The van der Waals surface area contributed by atoms with E-state index in [-0.39, 0.29) is 17.7 Å². The standard InChI is InChI=1S/C17H18BrN3O3/c18-11-3-4-13-12(6-11)15-16(24-13)17(23)20-14(19-15)8-21-5-1-2-10(7-21)9-22/h3-4,6,10,22H,1-2,5,7-9H2,(H,19,20,23). The van der Waals surface area contributed by atoms with E-state index in [0.29, 0.717) is 29.4 Å². The van der Waals surface area contributed by atoms with E-state index in [0.717, 1.165) is 35.8 Å². The molecule has 2 aromatic heterocycles. The summed E-state index contributed by atoms with van der Waals surface area (Å²) in [5, 5.41) is 10.2. The Hall–Kier alpha value is -1.70. The number of halogens is 1. The van der Waals surface area contributed by atoms with Gasteiger partial charge in [-0.3, -0.25) is 9.69 Å². The van der Waals surface area contributed by atoms with E-state index in [9.17, 15) is 9.90 Å². The zero-order valence-corrected chi connectivity index (χ0v) is 14.7. The van der Waals surface area contributed by atoms with Crippen LogP contribution >= 0.6 is 15.9 Å². The van der Waals surface area contributed by atoms with Crippen molar-refractivity contribution < 1.29 is 9.52 Å². The molecule has 0 bridgehead atoms. The number of piperidine rings is 1. The van der Waals surface area contributed by atoms with Crippen molar-refractivity contribution in [1.82, 2.24) is 14.9 Å². The minimum atomic E-state index is -0.252. The number of furan rings is 1. The van der Waals surface area contributed by atoms with E-state index in [1.54, 1.807) is 0 Å². The topological polar surface area (TPSA) is 82.4 Å². The predicted molar refractivity (Wildman–Crippen MR) is 94.9 cm³/mol. The number of nitrogens with zero attached hydrogens (tertiary/aromatic N) is 2. The molecule has 4 rings (SSSR count). The van der Waals surface area contributed by atoms with E-state index in [2.05, 4.69) is 30.8 Å². The molecule has 0 spiro atoms. The van der Waals surface area contributed by atoms with Gasteiger partial charge in [-0.1, -0.05) is 15.9 Å². The van der Waals surface area contributed by atoms with Crippen LogP contribution in [-0.2, 0) is 6.54 Å². The molecule has 1 fully saturated rings. The Labute approximate surface area is 146 Å². The number of hydrogen-bond donors (Lipinski definition) is 2. The summed E-state index contributed by atoms with van der Waals surface area (Å²) in [5.41, 5.74) is 1.26. The first kappa shape index (κ1) is 15.8. The van der Waals surface area contributed by atoms with Gasteiger partial charge in [-0.2, -0.15) is 0 Å². The first-order valence-corrected chi connectivity index (χ1v) is 8.87. The van der Waals surface area contributed by atoms with Gasteiger partial charge < -0.3 is 14.5 Å². The molecule has 0 aliphatic carbocycles. The van der Waals surface area contributed by atoms with Crippen LogP contribution in [0.2, 0.25) is 0 Å². The second kappa shape index (κ2) is 6.31. The predicted octanol–water partition coefficient (Wildman–Crippen LogP) is 2.64. The maximum atomic E-state index is 12.4. The Bertz CT molecular complexity index is 949. The average molecular weight is 392 g/mol. The lowest BCUT2D eigenvalue weighted by atomic mass is 9.99. The van der Waals surface area contributed by atoms with Gasteiger partial charge in [0.05, 0.1) is 6.54 Å². The zero-order valence-electron chi connectivity index (χ0n) is 13.1. The molecule has 3 heterocycles. The number of aromatic amines is 1. The fourth-order valence-electron chi connectivity index (χ4n) is 3.40. The highest BCUT2D eigenvalue weighted by molar-refractivity contribution is 9.10. The van der Waals surface area contributed by atoms with Crippen LogP contribution in [0, 0.1) is 5.92 Å². The smallest absolute Gasteiger partial charge is 0.294 e. The van der Waals surface area contributed by atoms with Crippen molar-refractivity contribution in [1.29, 1.82) is 0 Å². The van der Waals surface area contributed by atoms with E-state index < -0.39 is 0 Å². The molecule has 2 N–H and O–H groups in total. The van der Waals surface area contributed by atoms with Crippen LogP contribution in [0.15, 0.2) is 31.9 Å².